The zero-order valence-electron chi connectivity index (χ0n) is 9.15. The van der Waals surface area contributed by atoms with Crippen LogP contribution in [0.3, 0.4) is 0 Å². The summed E-state index contributed by atoms with van der Waals surface area (Å²) in [6.07, 6.45) is 0.739. The molecule has 0 unspecified atom stereocenters. The normalized spacial score (nSPS) is 12.7. The second-order valence-corrected chi connectivity index (χ2v) is 4.41. The summed E-state index contributed by atoms with van der Waals surface area (Å²) < 4.78 is 5.08. The Balaban J connectivity index is 2.33. The van der Waals surface area contributed by atoms with Crippen LogP contribution >= 0.6 is 23.2 Å². The van der Waals surface area contributed by atoms with Crippen molar-refractivity contribution in [2.24, 2.45) is 5.73 Å². The Morgan fingerprint density at radius 1 is 1.35 bits per heavy atom. The minimum atomic E-state index is -0.237. The fourth-order valence-corrected chi connectivity index (χ4v) is 1.61. The summed E-state index contributed by atoms with van der Waals surface area (Å²) in [5.74, 6) is 0.885. The van der Waals surface area contributed by atoms with E-state index in [4.69, 9.17) is 33.5 Å². The molecule has 6 heteroatoms. The smallest absolute Gasteiger partial charge is 0.243 e. The molecule has 1 aromatic carbocycles. The second kappa shape index (κ2) is 5.04. The third-order valence-electron chi connectivity index (χ3n) is 2.38. The molecule has 0 fully saturated rings. The van der Waals surface area contributed by atoms with Crippen molar-refractivity contribution >= 4 is 23.2 Å². The molecule has 90 valence electrons. The summed E-state index contributed by atoms with van der Waals surface area (Å²) in [6, 6.07) is 4.92. The highest BCUT2D eigenvalue weighted by Gasteiger charge is 2.14. The maximum absolute atomic E-state index is 5.92. The van der Waals surface area contributed by atoms with Crippen LogP contribution in [-0.4, -0.2) is 10.1 Å². The maximum atomic E-state index is 5.92. The Labute approximate surface area is 109 Å². The van der Waals surface area contributed by atoms with Gasteiger partial charge in [-0.2, -0.15) is 4.98 Å². The summed E-state index contributed by atoms with van der Waals surface area (Å²) in [5.41, 5.74) is 6.54. The Kier molecular flexibility index (Phi) is 3.66. The molecule has 0 aliphatic carbocycles. The van der Waals surface area contributed by atoms with Gasteiger partial charge in [-0.1, -0.05) is 35.3 Å². The molecule has 0 spiro atoms. The zero-order chi connectivity index (χ0) is 12.4. The molecule has 0 aliphatic rings. The molecular formula is C11H11Cl2N3O. The largest absolute Gasteiger partial charge is 0.337 e. The van der Waals surface area contributed by atoms with Crippen LogP contribution in [0.5, 0.6) is 0 Å². The highest BCUT2D eigenvalue weighted by molar-refractivity contribution is 6.42. The zero-order valence-corrected chi connectivity index (χ0v) is 10.7. The van der Waals surface area contributed by atoms with E-state index in [-0.39, 0.29) is 6.04 Å². The summed E-state index contributed by atoms with van der Waals surface area (Å²) in [5, 5.41) is 4.80. The van der Waals surface area contributed by atoms with Crippen molar-refractivity contribution in [3.05, 3.63) is 34.1 Å². The van der Waals surface area contributed by atoms with Crippen LogP contribution in [0.2, 0.25) is 10.0 Å². The Morgan fingerprint density at radius 3 is 2.76 bits per heavy atom. The predicted octanol–water partition coefficient (Wildman–Crippen LogP) is 3.45. The van der Waals surface area contributed by atoms with Crippen LogP contribution < -0.4 is 5.73 Å². The van der Waals surface area contributed by atoms with Crippen molar-refractivity contribution in [2.45, 2.75) is 19.4 Å². The lowest BCUT2D eigenvalue weighted by Gasteiger charge is -1.99. The number of halogens is 2. The molecule has 0 bridgehead atoms. The molecular weight excluding hydrogens is 261 g/mol. The van der Waals surface area contributed by atoms with Crippen molar-refractivity contribution in [1.82, 2.24) is 10.1 Å². The SMILES string of the molecule is CC[C@H](N)c1nc(-c2ccc(Cl)c(Cl)c2)no1. The second-order valence-electron chi connectivity index (χ2n) is 3.60. The highest BCUT2D eigenvalue weighted by Crippen LogP contribution is 2.27. The van der Waals surface area contributed by atoms with E-state index in [2.05, 4.69) is 10.1 Å². The average Bonchev–Trinajstić information content (AvgIpc) is 2.81. The number of aromatic nitrogens is 2. The first-order valence-electron chi connectivity index (χ1n) is 5.16. The van der Waals surface area contributed by atoms with Gasteiger partial charge in [0.2, 0.25) is 11.7 Å². The van der Waals surface area contributed by atoms with E-state index in [1.165, 1.54) is 0 Å². The number of nitrogens with two attached hydrogens (primary N) is 1. The topological polar surface area (TPSA) is 64.9 Å². The van der Waals surface area contributed by atoms with Crippen molar-refractivity contribution in [1.29, 1.82) is 0 Å². The lowest BCUT2D eigenvalue weighted by Crippen LogP contribution is -2.08. The fourth-order valence-electron chi connectivity index (χ4n) is 1.31. The minimum Gasteiger partial charge on any atom is -0.337 e. The van der Waals surface area contributed by atoms with Crippen molar-refractivity contribution in [3.63, 3.8) is 0 Å². The standard InChI is InChI=1S/C11H11Cl2N3O/c1-2-9(14)11-15-10(16-17-11)6-3-4-7(12)8(13)5-6/h3-5,9H,2,14H2,1H3/t9-/m0/s1. The molecule has 0 radical (unpaired) electrons. The van der Waals surface area contributed by atoms with Crippen molar-refractivity contribution in [3.8, 4) is 11.4 Å². The molecule has 1 aromatic heterocycles. The molecule has 0 aliphatic heterocycles. The number of nitrogens with zero attached hydrogens (tertiary/aromatic N) is 2. The van der Waals surface area contributed by atoms with E-state index in [0.717, 1.165) is 12.0 Å². The number of hydrogen-bond acceptors (Lipinski definition) is 4. The number of rotatable bonds is 3. The van der Waals surface area contributed by atoms with E-state index in [0.29, 0.717) is 21.8 Å². The van der Waals surface area contributed by atoms with Crippen LogP contribution in [0.25, 0.3) is 11.4 Å². The fraction of sp³-hybridized carbons (Fsp3) is 0.273. The molecule has 1 atom stereocenters. The van der Waals surface area contributed by atoms with Gasteiger partial charge in [-0.3, -0.25) is 0 Å². The summed E-state index contributed by atoms with van der Waals surface area (Å²) in [4.78, 5) is 4.22. The van der Waals surface area contributed by atoms with Crippen LogP contribution in [0, 0.1) is 0 Å². The first-order valence-corrected chi connectivity index (χ1v) is 5.92. The Bertz CT molecular complexity index is 527. The predicted molar refractivity (Wildman–Crippen MR) is 67.0 cm³/mol. The monoisotopic (exact) mass is 271 g/mol. The molecule has 17 heavy (non-hydrogen) atoms. The minimum absolute atomic E-state index is 0.237. The van der Waals surface area contributed by atoms with E-state index < -0.39 is 0 Å². The van der Waals surface area contributed by atoms with E-state index in [9.17, 15) is 0 Å². The first-order chi connectivity index (χ1) is 8.11. The first kappa shape index (κ1) is 12.4. The van der Waals surface area contributed by atoms with Gasteiger partial charge < -0.3 is 10.3 Å². The van der Waals surface area contributed by atoms with Gasteiger partial charge in [-0.15, -0.1) is 0 Å². The number of benzene rings is 1. The molecule has 0 saturated carbocycles. The Morgan fingerprint density at radius 2 is 2.12 bits per heavy atom. The van der Waals surface area contributed by atoms with E-state index in [1.807, 2.05) is 6.92 Å². The average molecular weight is 272 g/mol. The van der Waals surface area contributed by atoms with Gasteiger partial charge >= 0.3 is 0 Å². The van der Waals surface area contributed by atoms with Gasteiger partial charge in [-0.05, 0) is 24.6 Å². The highest BCUT2D eigenvalue weighted by atomic mass is 35.5. The molecule has 4 nitrogen and oxygen atoms in total. The van der Waals surface area contributed by atoms with Gasteiger partial charge in [0.15, 0.2) is 0 Å². The van der Waals surface area contributed by atoms with Crippen LogP contribution in [0.4, 0.5) is 0 Å². The third-order valence-corrected chi connectivity index (χ3v) is 3.12. The molecule has 2 aromatic rings. The molecule has 1 heterocycles. The summed E-state index contributed by atoms with van der Waals surface area (Å²) in [6.45, 7) is 1.95. The van der Waals surface area contributed by atoms with E-state index >= 15 is 0 Å². The van der Waals surface area contributed by atoms with Gasteiger partial charge in [0.1, 0.15) is 0 Å². The van der Waals surface area contributed by atoms with Crippen LogP contribution in [-0.2, 0) is 0 Å². The molecule has 2 rings (SSSR count). The van der Waals surface area contributed by atoms with Gasteiger partial charge in [-0.25, -0.2) is 0 Å². The van der Waals surface area contributed by atoms with Crippen molar-refractivity contribution in [2.75, 3.05) is 0 Å². The molecule has 0 saturated heterocycles. The number of hydrogen-bond donors (Lipinski definition) is 1. The van der Waals surface area contributed by atoms with Gasteiger partial charge in [0.05, 0.1) is 16.1 Å². The van der Waals surface area contributed by atoms with Crippen LogP contribution in [0.15, 0.2) is 22.7 Å². The lowest BCUT2D eigenvalue weighted by molar-refractivity contribution is 0.352. The lowest BCUT2D eigenvalue weighted by atomic mass is 10.2. The summed E-state index contributed by atoms with van der Waals surface area (Å²) >= 11 is 11.7. The molecule has 2 N–H and O–H groups in total. The van der Waals surface area contributed by atoms with E-state index in [1.54, 1.807) is 18.2 Å². The van der Waals surface area contributed by atoms with Crippen LogP contribution in [0.1, 0.15) is 25.3 Å². The third kappa shape index (κ3) is 2.60. The Hall–Kier alpha value is -1.10. The van der Waals surface area contributed by atoms with Gasteiger partial charge in [0, 0.05) is 5.56 Å². The van der Waals surface area contributed by atoms with Gasteiger partial charge in [0.25, 0.3) is 0 Å². The molecule has 0 amide bonds. The van der Waals surface area contributed by atoms with Crippen molar-refractivity contribution < 1.29 is 4.52 Å². The maximum Gasteiger partial charge on any atom is 0.243 e. The summed E-state index contributed by atoms with van der Waals surface area (Å²) in [7, 11) is 0. The quantitative estimate of drug-likeness (QED) is 0.929.